The highest BCUT2D eigenvalue weighted by Crippen LogP contribution is 2.30. The fraction of sp³-hybridized carbons (Fsp3) is 0.571. The number of ether oxygens (including phenoxy) is 1. The summed E-state index contributed by atoms with van der Waals surface area (Å²) in [4.78, 5) is 16.4. The van der Waals surface area contributed by atoms with Crippen molar-refractivity contribution >= 4 is 5.78 Å². The number of Topliss-reactive ketones (excluding diaryl/α,β-unsaturated/α-hetero) is 1. The maximum atomic E-state index is 12.0. The number of hydrogen-bond donors (Lipinski definition) is 2. The molecule has 3 rings (SSSR count). The Morgan fingerprint density at radius 3 is 2.71 bits per heavy atom. The summed E-state index contributed by atoms with van der Waals surface area (Å²) in [5.41, 5.74) is 2.60. The molecule has 0 saturated heterocycles. The Morgan fingerprint density at radius 1 is 1.29 bits per heavy atom. The van der Waals surface area contributed by atoms with Gasteiger partial charge in [-0.2, -0.15) is 4.98 Å². The van der Waals surface area contributed by atoms with Crippen LogP contribution >= 0.6 is 0 Å². The molecule has 1 aromatic carbocycles. The highest BCUT2D eigenvalue weighted by Gasteiger charge is 2.23. The molecule has 0 bridgehead atoms. The summed E-state index contributed by atoms with van der Waals surface area (Å²) in [6.45, 7) is 3.51. The Kier molecular flexibility index (Phi) is 6.80. The molecule has 1 saturated carbocycles. The summed E-state index contributed by atoms with van der Waals surface area (Å²) in [7, 11) is 0. The first-order valence-electron chi connectivity index (χ1n) is 9.86. The van der Waals surface area contributed by atoms with Gasteiger partial charge in [-0.3, -0.25) is 4.79 Å². The average molecular weight is 388 g/mol. The normalized spacial score (nSPS) is 18.3. The number of hydrogen-bond acceptors (Lipinski definition) is 7. The SMILES string of the molecule is Cc1cc(-c2noc(CCC3CCCCC3=O)n2)cc(C)c1OC[C@@H](O)CO. The number of benzene rings is 1. The van der Waals surface area contributed by atoms with Gasteiger partial charge in [-0.25, -0.2) is 0 Å². The van der Waals surface area contributed by atoms with Gasteiger partial charge < -0.3 is 19.5 Å². The Balaban J connectivity index is 1.66. The van der Waals surface area contributed by atoms with Crippen LogP contribution in [-0.4, -0.2) is 45.5 Å². The molecule has 7 nitrogen and oxygen atoms in total. The predicted octanol–water partition coefficient (Wildman–Crippen LogP) is 2.78. The highest BCUT2D eigenvalue weighted by atomic mass is 16.5. The summed E-state index contributed by atoms with van der Waals surface area (Å²) in [6, 6.07) is 3.82. The van der Waals surface area contributed by atoms with Crippen LogP contribution in [0.2, 0.25) is 0 Å². The quantitative estimate of drug-likeness (QED) is 0.716. The molecule has 1 aliphatic carbocycles. The number of aliphatic hydroxyl groups excluding tert-OH is 2. The Morgan fingerprint density at radius 2 is 2.04 bits per heavy atom. The van der Waals surface area contributed by atoms with Crippen molar-refractivity contribution < 1.29 is 24.3 Å². The lowest BCUT2D eigenvalue weighted by molar-refractivity contribution is -0.124. The monoisotopic (exact) mass is 388 g/mol. The van der Waals surface area contributed by atoms with Crippen LogP contribution < -0.4 is 4.74 Å². The third-order valence-electron chi connectivity index (χ3n) is 5.21. The maximum absolute atomic E-state index is 12.0. The second kappa shape index (κ2) is 9.30. The number of ketones is 1. The first-order valence-corrected chi connectivity index (χ1v) is 9.86. The lowest BCUT2D eigenvalue weighted by Crippen LogP contribution is -2.21. The first kappa shape index (κ1) is 20.5. The molecule has 1 aliphatic rings. The smallest absolute Gasteiger partial charge is 0.226 e. The van der Waals surface area contributed by atoms with Crippen LogP contribution in [0.25, 0.3) is 11.4 Å². The second-order valence-corrected chi connectivity index (χ2v) is 7.55. The summed E-state index contributed by atoms with van der Waals surface area (Å²) in [5, 5.41) is 22.5. The van der Waals surface area contributed by atoms with Crippen LogP contribution in [-0.2, 0) is 11.2 Å². The van der Waals surface area contributed by atoms with Crippen molar-refractivity contribution in [2.75, 3.05) is 13.2 Å². The summed E-state index contributed by atoms with van der Waals surface area (Å²) >= 11 is 0. The lowest BCUT2D eigenvalue weighted by Gasteiger charge is -2.19. The molecule has 0 amide bonds. The van der Waals surface area contributed by atoms with E-state index < -0.39 is 6.10 Å². The fourth-order valence-corrected chi connectivity index (χ4v) is 3.67. The zero-order valence-electron chi connectivity index (χ0n) is 16.5. The van der Waals surface area contributed by atoms with E-state index in [9.17, 15) is 9.90 Å². The van der Waals surface area contributed by atoms with Crippen molar-refractivity contribution in [3.8, 4) is 17.1 Å². The van der Waals surface area contributed by atoms with Crippen LogP contribution in [0.4, 0.5) is 0 Å². The van der Waals surface area contributed by atoms with E-state index in [0.717, 1.165) is 42.4 Å². The third kappa shape index (κ3) is 4.97. The minimum atomic E-state index is -0.908. The third-order valence-corrected chi connectivity index (χ3v) is 5.21. The molecular weight excluding hydrogens is 360 g/mol. The molecule has 1 fully saturated rings. The number of carbonyl (C=O) groups is 1. The van der Waals surface area contributed by atoms with Crippen LogP contribution in [0.5, 0.6) is 5.75 Å². The van der Waals surface area contributed by atoms with Crippen molar-refractivity contribution in [1.29, 1.82) is 0 Å². The summed E-state index contributed by atoms with van der Waals surface area (Å²) in [5.74, 6) is 2.22. The van der Waals surface area contributed by atoms with Gasteiger partial charge in [0.05, 0.1) is 6.61 Å². The van der Waals surface area contributed by atoms with E-state index in [1.165, 1.54) is 0 Å². The largest absolute Gasteiger partial charge is 0.490 e. The molecule has 0 radical (unpaired) electrons. The molecule has 1 aromatic heterocycles. The summed E-state index contributed by atoms with van der Waals surface area (Å²) in [6.07, 6.45) is 4.26. The van der Waals surface area contributed by atoms with Gasteiger partial charge in [-0.15, -0.1) is 0 Å². The molecule has 1 unspecified atom stereocenters. The minimum absolute atomic E-state index is 0.0315. The Bertz CT molecular complexity index is 794. The Hall–Kier alpha value is -2.25. The topological polar surface area (TPSA) is 106 Å². The number of rotatable bonds is 8. The van der Waals surface area contributed by atoms with Gasteiger partial charge >= 0.3 is 0 Å². The van der Waals surface area contributed by atoms with Gasteiger partial charge in [-0.1, -0.05) is 11.6 Å². The summed E-state index contributed by atoms with van der Waals surface area (Å²) < 4.78 is 11.0. The van der Waals surface area contributed by atoms with Crippen LogP contribution in [0.1, 0.15) is 49.1 Å². The van der Waals surface area contributed by atoms with Crippen molar-refractivity contribution in [3.05, 3.63) is 29.2 Å². The molecular formula is C21H28N2O5. The number of nitrogens with zero attached hydrogens (tertiary/aromatic N) is 2. The standard InChI is InChI=1S/C21H28N2O5/c1-13-9-16(10-14(2)20(13)27-12-17(25)11-24)21-22-19(28-23-21)8-7-15-5-3-4-6-18(15)26/h9-10,15,17,24-25H,3-8,11-12H2,1-2H3/t15?,17-/m0/s1. The van der Waals surface area contributed by atoms with Crippen molar-refractivity contribution in [2.45, 2.75) is 58.5 Å². The number of aliphatic hydroxyl groups is 2. The zero-order chi connectivity index (χ0) is 20.1. The molecule has 2 N–H and O–H groups in total. The van der Waals surface area contributed by atoms with Gasteiger partial charge in [0.15, 0.2) is 0 Å². The van der Waals surface area contributed by atoms with Crippen LogP contribution in [0, 0.1) is 19.8 Å². The molecule has 28 heavy (non-hydrogen) atoms. The first-order chi connectivity index (χ1) is 13.5. The van der Waals surface area contributed by atoms with E-state index in [1.54, 1.807) is 0 Å². The van der Waals surface area contributed by atoms with Gasteiger partial charge in [-0.05, 0) is 56.4 Å². The zero-order valence-corrected chi connectivity index (χ0v) is 16.5. The van der Waals surface area contributed by atoms with Gasteiger partial charge in [0.2, 0.25) is 11.7 Å². The minimum Gasteiger partial charge on any atom is -0.490 e. The van der Waals surface area contributed by atoms with Crippen molar-refractivity contribution in [1.82, 2.24) is 10.1 Å². The maximum Gasteiger partial charge on any atom is 0.226 e. The fourth-order valence-electron chi connectivity index (χ4n) is 3.67. The van der Waals surface area contributed by atoms with E-state index in [0.29, 0.717) is 36.1 Å². The van der Waals surface area contributed by atoms with Crippen LogP contribution in [0.15, 0.2) is 16.7 Å². The van der Waals surface area contributed by atoms with E-state index in [1.807, 2.05) is 26.0 Å². The van der Waals surface area contributed by atoms with Crippen molar-refractivity contribution in [2.24, 2.45) is 5.92 Å². The van der Waals surface area contributed by atoms with E-state index in [2.05, 4.69) is 10.1 Å². The van der Waals surface area contributed by atoms with Gasteiger partial charge in [0.1, 0.15) is 24.2 Å². The molecule has 0 spiro atoms. The predicted molar refractivity (Wildman–Crippen MR) is 103 cm³/mol. The van der Waals surface area contributed by atoms with Gasteiger partial charge in [0.25, 0.3) is 0 Å². The average Bonchev–Trinajstić information content (AvgIpc) is 3.15. The van der Waals surface area contributed by atoms with E-state index in [4.69, 9.17) is 14.4 Å². The van der Waals surface area contributed by atoms with E-state index >= 15 is 0 Å². The van der Waals surface area contributed by atoms with Crippen LogP contribution in [0.3, 0.4) is 0 Å². The number of carbonyl (C=O) groups excluding carboxylic acids is 1. The van der Waals surface area contributed by atoms with Crippen molar-refractivity contribution in [3.63, 3.8) is 0 Å². The number of aromatic nitrogens is 2. The van der Waals surface area contributed by atoms with E-state index in [-0.39, 0.29) is 19.1 Å². The lowest BCUT2D eigenvalue weighted by atomic mass is 9.85. The molecule has 0 aliphatic heterocycles. The second-order valence-electron chi connectivity index (χ2n) is 7.55. The molecule has 2 atom stereocenters. The van der Waals surface area contributed by atoms with Gasteiger partial charge in [0, 0.05) is 24.3 Å². The Labute approximate surface area is 164 Å². The highest BCUT2D eigenvalue weighted by molar-refractivity contribution is 5.81. The molecule has 2 aromatic rings. The molecule has 1 heterocycles. The molecule has 7 heteroatoms. The molecule has 152 valence electrons. The number of aryl methyl sites for hydroxylation is 3.